The zero-order chi connectivity index (χ0) is 27.4. The maximum atomic E-state index is 13.3. The third kappa shape index (κ3) is 8.05. The van der Waals surface area contributed by atoms with Crippen LogP contribution in [-0.4, -0.2) is 60.0 Å². The number of nitrogens with one attached hydrogen (secondary N) is 1. The summed E-state index contributed by atoms with van der Waals surface area (Å²) in [5, 5.41) is 3.28. The van der Waals surface area contributed by atoms with Crippen molar-refractivity contribution in [3.8, 4) is 17.4 Å². The zero-order valence-corrected chi connectivity index (χ0v) is 23.5. The van der Waals surface area contributed by atoms with Crippen LogP contribution in [0.3, 0.4) is 0 Å². The molecule has 1 amide bonds. The second-order valence-electron chi connectivity index (χ2n) is 10.8. The first-order valence-corrected chi connectivity index (χ1v) is 14.9. The van der Waals surface area contributed by atoms with Gasteiger partial charge in [-0.2, -0.15) is 0 Å². The normalized spacial score (nSPS) is 18.2. The van der Waals surface area contributed by atoms with Gasteiger partial charge < -0.3 is 14.8 Å². The third-order valence-electron chi connectivity index (χ3n) is 7.80. The number of pyridine rings is 1. The van der Waals surface area contributed by atoms with Gasteiger partial charge in [-0.1, -0.05) is 67.8 Å². The number of para-hydroxylation sites is 2. The van der Waals surface area contributed by atoms with Crippen LogP contribution in [0, 0.1) is 0 Å². The van der Waals surface area contributed by atoms with E-state index in [9.17, 15) is 4.79 Å². The molecule has 1 unspecified atom stereocenters. The van der Waals surface area contributed by atoms with E-state index in [2.05, 4.69) is 50.4 Å². The number of ether oxygens (including phenoxy) is 2. The molecule has 1 aromatic heterocycles. The Balaban J connectivity index is 1.27. The van der Waals surface area contributed by atoms with E-state index < -0.39 is 0 Å². The number of benzene rings is 2. The number of piperidine rings is 1. The minimum absolute atomic E-state index is 0.0594. The molecule has 7 nitrogen and oxygen atoms in total. The topological polar surface area (TPSA) is 66.9 Å². The van der Waals surface area contributed by atoms with E-state index in [1.54, 1.807) is 6.20 Å². The molecule has 0 saturated carbocycles. The van der Waals surface area contributed by atoms with Gasteiger partial charge in [-0.05, 0) is 69.1 Å². The third-order valence-corrected chi connectivity index (χ3v) is 7.80. The van der Waals surface area contributed by atoms with Crippen molar-refractivity contribution in [3.63, 3.8) is 0 Å². The van der Waals surface area contributed by atoms with Gasteiger partial charge >= 0.3 is 0 Å². The second-order valence-corrected chi connectivity index (χ2v) is 10.8. The number of likely N-dealkylation sites (tertiary alicyclic amines) is 1. The number of aromatic nitrogens is 1. The molecular weight excluding hydrogens is 500 g/mol. The molecular formula is C33H42N4O3. The van der Waals surface area contributed by atoms with Crippen LogP contribution in [0.1, 0.15) is 62.1 Å². The number of nitrogens with zero attached hydrogens (tertiary/aromatic N) is 3. The molecule has 1 atom stereocenters. The molecule has 7 heteroatoms. The zero-order valence-electron chi connectivity index (χ0n) is 23.5. The smallest absolute Gasteiger partial charge is 0.234 e. The lowest BCUT2D eigenvalue weighted by Crippen LogP contribution is -2.43. The Hall–Kier alpha value is -3.42. The molecule has 2 aliphatic heterocycles. The van der Waals surface area contributed by atoms with Crippen LogP contribution in [0.5, 0.6) is 17.4 Å². The summed E-state index contributed by atoms with van der Waals surface area (Å²) < 4.78 is 12.3. The maximum absolute atomic E-state index is 13.3. The van der Waals surface area contributed by atoms with Crippen molar-refractivity contribution in [2.45, 2.75) is 57.5 Å². The van der Waals surface area contributed by atoms with Crippen molar-refractivity contribution in [3.05, 3.63) is 84.1 Å². The van der Waals surface area contributed by atoms with E-state index in [0.29, 0.717) is 37.9 Å². The Morgan fingerprint density at radius 1 is 0.825 bits per heavy atom. The van der Waals surface area contributed by atoms with Gasteiger partial charge in [0.2, 0.25) is 11.8 Å². The van der Waals surface area contributed by atoms with E-state index in [4.69, 9.17) is 9.47 Å². The number of amides is 1. The first kappa shape index (κ1) is 28.1. The van der Waals surface area contributed by atoms with Crippen LogP contribution in [0.25, 0.3) is 0 Å². The molecule has 0 bridgehead atoms. The van der Waals surface area contributed by atoms with Gasteiger partial charge in [0, 0.05) is 24.8 Å². The van der Waals surface area contributed by atoms with Gasteiger partial charge in [0.1, 0.15) is 0 Å². The minimum Gasteiger partial charge on any atom is -0.490 e. The van der Waals surface area contributed by atoms with Crippen LogP contribution in [0.4, 0.5) is 0 Å². The summed E-state index contributed by atoms with van der Waals surface area (Å²) in [6.07, 6.45) is 9.68. The Bertz CT molecular complexity index is 1200. The van der Waals surface area contributed by atoms with Crippen LogP contribution in [-0.2, 0) is 11.3 Å². The average molecular weight is 543 g/mol. The fourth-order valence-electron chi connectivity index (χ4n) is 5.65. The molecule has 3 aromatic rings. The molecule has 1 N–H and O–H groups in total. The van der Waals surface area contributed by atoms with E-state index in [-0.39, 0.29) is 11.9 Å². The van der Waals surface area contributed by atoms with Gasteiger partial charge in [-0.3, -0.25) is 14.6 Å². The molecule has 5 rings (SSSR count). The van der Waals surface area contributed by atoms with Gasteiger partial charge in [0.15, 0.2) is 11.5 Å². The van der Waals surface area contributed by atoms with E-state index in [0.717, 1.165) is 56.6 Å². The first-order valence-electron chi connectivity index (χ1n) is 14.9. The molecule has 1 saturated heterocycles. The van der Waals surface area contributed by atoms with E-state index in [1.165, 1.54) is 24.8 Å². The number of hydrogen-bond acceptors (Lipinski definition) is 6. The number of fused-ring (bicyclic) bond motifs is 2. The standard InChI is InChI=1S/C33H42N4O3/c38-32(35-24-29(27-14-5-3-6-15-27)37-21-10-4-11-22-37)26-36-20-9-1-2-12-23-39-30-17-7-8-18-31(30)40-33-28(25-36)16-13-19-34-33/h3,5-8,13-19,29H,1-2,4,9-12,20-26H2,(H,35,38). The summed E-state index contributed by atoms with van der Waals surface area (Å²) in [5.74, 6) is 2.00. The lowest BCUT2D eigenvalue weighted by molar-refractivity contribution is -0.122. The molecule has 3 heterocycles. The Kier molecular flexibility index (Phi) is 10.4. The molecule has 212 valence electrons. The van der Waals surface area contributed by atoms with Crippen LogP contribution >= 0.6 is 0 Å². The van der Waals surface area contributed by atoms with Crippen molar-refractivity contribution in [1.29, 1.82) is 0 Å². The quantitative estimate of drug-likeness (QED) is 0.414. The largest absolute Gasteiger partial charge is 0.490 e. The summed E-state index contributed by atoms with van der Waals surface area (Å²) in [6, 6.07) is 22.5. The number of hydrogen-bond donors (Lipinski definition) is 1. The fourth-order valence-corrected chi connectivity index (χ4v) is 5.65. The number of carbonyl (C=O) groups excluding carboxylic acids is 1. The Morgan fingerprint density at radius 3 is 2.40 bits per heavy atom. The van der Waals surface area contributed by atoms with Crippen molar-refractivity contribution in [2.75, 3.05) is 39.3 Å². The predicted octanol–water partition coefficient (Wildman–Crippen LogP) is 5.97. The molecule has 1 fully saturated rings. The highest BCUT2D eigenvalue weighted by atomic mass is 16.5. The SMILES string of the molecule is O=C(CN1CCCCCCOc2ccccc2Oc2ncccc2C1)NCC(c1ccccc1)N1CCCCC1. The molecule has 40 heavy (non-hydrogen) atoms. The summed E-state index contributed by atoms with van der Waals surface area (Å²) in [5.41, 5.74) is 2.22. The van der Waals surface area contributed by atoms with Crippen molar-refractivity contribution in [2.24, 2.45) is 0 Å². The molecule has 2 aromatic carbocycles. The highest BCUT2D eigenvalue weighted by Crippen LogP contribution is 2.32. The fraction of sp³-hybridized carbons (Fsp3) is 0.455. The van der Waals surface area contributed by atoms with Crippen LogP contribution < -0.4 is 14.8 Å². The molecule has 2 aliphatic rings. The van der Waals surface area contributed by atoms with Crippen molar-refractivity contribution >= 4 is 5.91 Å². The van der Waals surface area contributed by atoms with E-state index in [1.807, 2.05) is 36.4 Å². The number of carbonyl (C=O) groups is 1. The Morgan fingerprint density at radius 2 is 1.55 bits per heavy atom. The molecule has 0 spiro atoms. The van der Waals surface area contributed by atoms with Gasteiger partial charge in [0.05, 0.1) is 19.2 Å². The van der Waals surface area contributed by atoms with Gasteiger partial charge in [0.25, 0.3) is 0 Å². The predicted molar refractivity (Wildman–Crippen MR) is 158 cm³/mol. The van der Waals surface area contributed by atoms with E-state index >= 15 is 0 Å². The first-order chi connectivity index (χ1) is 19.8. The highest BCUT2D eigenvalue weighted by molar-refractivity contribution is 5.78. The van der Waals surface area contributed by atoms with Gasteiger partial charge in [-0.25, -0.2) is 4.98 Å². The lowest BCUT2D eigenvalue weighted by atomic mass is 10.0. The second kappa shape index (κ2) is 14.8. The summed E-state index contributed by atoms with van der Waals surface area (Å²) in [4.78, 5) is 22.6. The lowest BCUT2D eigenvalue weighted by Gasteiger charge is -2.35. The summed E-state index contributed by atoms with van der Waals surface area (Å²) in [6.45, 7) is 5.21. The van der Waals surface area contributed by atoms with Gasteiger partial charge in [-0.15, -0.1) is 0 Å². The monoisotopic (exact) mass is 542 g/mol. The highest BCUT2D eigenvalue weighted by Gasteiger charge is 2.23. The Labute approximate surface area is 238 Å². The van der Waals surface area contributed by atoms with Crippen molar-refractivity contribution in [1.82, 2.24) is 20.1 Å². The molecule has 0 radical (unpaired) electrons. The average Bonchev–Trinajstić information content (AvgIpc) is 2.99. The summed E-state index contributed by atoms with van der Waals surface area (Å²) >= 11 is 0. The van der Waals surface area contributed by atoms with Crippen LogP contribution in [0.15, 0.2) is 72.9 Å². The maximum Gasteiger partial charge on any atom is 0.234 e. The minimum atomic E-state index is 0.0594. The summed E-state index contributed by atoms with van der Waals surface area (Å²) in [7, 11) is 0. The molecule has 0 aliphatic carbocycles. The van der Waals surface area contributed by atoms with Crippen molar-refractivity contribution < 1.29 is 14.3 Å². The number of rotatable bonds is 6. The van der Waals surface area contributed by atoms with Crippen LogP contribution in [0.2, 0.25) is 0 Å².